The summed E-state index contributed by atoms with van der Waals surface area (Å²) in [6.45, 7) is 0.374. The second-order valence-electron chi connectivity index (χ2n) is 7.47. The summed E-state index contributed by atoms with van der Waals surface area (Å²) in [6.07, 6.45) is -0.316. The molecule has 2 bridgehead atoms. The van der Waals surface area contributed by atoms with Gasteiger partial charge in [-0.15, -0.1) is 11.3 Å². The van der Waals surface area contributed by atoms with E-state index in [2.05, 4.69) is 10.3 Å². The number of nitrogens with zero attached hydrogens (tertiary/aromatic N) is 1. The molecule has 0 unspecified atom stereocenters. The quantitative estimate of drug-likeness (QED) is 0.857. The fraction of sp³-hybridized carbons (Fsp3) is 0.474. The third-order valence-corrected chi connectivity index (χ3v) is 6.84. The van der Waals surface area contributed by atoms with Gasteiger partial charge in [0.25, 0.3) is 0 Å². The Kier molecular flexibility index (Phi) is 3.84. The zero-order valence-electron chi connectivity index (χ0n) is 14.2. The fourth-order valence-corrected chi connectivity index (χ4v) is 5.20. The lowest BCUT2D eigenvalue weighted by atomic mass is 9.88. The number of benzene rings is 1. The van der Waals surface area contributed by atoms with E-state index in [-0.39, 0.29) is 24.0 Å². The molecule has 1 aromatic heterocycles. The predicted octanol–water partition coefficient (Wildman–Crippen LogP) is 3.87. The van der Waals surface area contributed by atoms with Crippen LogP contribution in [0, 0.1) is 17.8 Å². The van der Waals surface area contributed by atoms with Gasteiger partial charge in [0.15, 0.2) is 0 Å². The number of aromatic nitrogens is 1. The van der Waals surface area contributed by atoms with Gasteiger partial charge in [0.1, 0.15) is 5.01 Å². The first kappa shape index (κ1) is 17.2. The van der Waals surface area contributed by atoms with Crippen molar-refractivity contribution < 1.29 is 22.7 Å². The Bertz CT molecular complexity index is 880. The van der Waals surface area contributed by atoms with Crippen LogP contribution < -0.4 is 5.32 Å². The summed E-state index contributed by atoms with van der Waals surface area (Å²) in [5.41, 5.74) is -0.0480. The van der Waals surface area contributed by atoms with Gasteiger partial charge in [-0.2, -0.15) is 13.2 Å². The second kappa shape index (κ2) is 6.04. The van der Waals surface area contributed by atoms with Gasteiger partial charge in [0.2, 0.25) is 5.91 Å². The Labute approximate surface area is 157 Å². The largest absolute Gasteiger partial charge is 0.416 e. The first-order valence-corrected chi connectivity index (χ1v) is 9.77. The molecule has 3 heterocycles. The molecule has 0 radical (unpaired) electrons. The van der Waals surface area contributed by atoms with E-state index in [9.17, 15) is 18.0 Å². The van der Waals surface area contributed by atoms with Crippen LogP contribution in [0.4, 0.5) is 13.2 Å². The molecule has 2 saturated heterocycles. The van der Waals surface area contributed by atoms with Crippen LogP contribution >= 0.6 is 11.3 Å². The second-order valence-corrected chi connectivity index (χ2v) is 8.58. The topological polar surface area (TPSA) is 51.2 Å². The first-order chi connectivity index (χ1) is 12.9. The van der Waals surface area contributed by atoms with Crippen LogP contribution in [0.15, 0.2) is 30.5 Å². The third kappa shape index (κ3) is 3.04. The monoisotopic (exact) mass is 394 g/mol. The summed E-state index contributed by atoms with van der Waals surface area (Å²) in [4.78, 5) is 17.6. The lowest BCUT2D eigenvalue weighted by Crippen LogP contribution is -2.36. The lowest BCUT2D eigenvalue weighted by Gasteiger charge is -2.17. The van der Waals surface area contributed by atoms with Gasteiger partial charge in [-0.25, -0.2) is 4.98 Å². The SMILES string of the molecule is O=C(NCc1cnc(-c2ccc(C(F)(F)F)cc2)s1)[C@@H]1C[C@@H]2O[C@H]1[C@H]1C[C@H]12. The Morgan fingerprint density at radius 3 is 2.67 bits per heavy atom. The summed E-state index contributed by atoms with van der Waals surface area (Å²) < 4.78 is 43.8. The maximum Gasteiger partial charge on any atom is 0.416 e. The highest BCUT2D eigenvalue weighted by Gasteiger charge is 2.64. The van der Waals surface area contributed by atoms with E-state index >= 15 is 0 Å². The fourth-order valence-electron chi connectivity index (χ4n) is 4.34. The summed E-state index contributed by atoms with van der Waals surface area (Å²) >= 11 is 1.37. The number of fused-ring (bicyclic) bond motifs is 5. The van der Waals surface area contributed by atoms with Crippen molar-refractivity contribution in [2.45, 2.75) is 37.8 Å². The minimum absolute atomic E-state index is 0.0253. The average molecular weight is 394 g/mol. The Hall–Kier alpha value is -1.93. The molecule has 1 aromatic carbocycles. The molecule has 1 aliphatic carbocycles. The number of thiazole rings is 1. The van der Waals surface area contributed by atoms with E-state index in [1.165, 1.54) is 29.9 Å². The standard InChI is InChI=1S/C19H17F3N2O2S/c20-19(21,22)10-3-1-9(2-4-10)18-24-8-11(27-18)7-23-17(25)14-6-15-12-5-13(12)16(14)26-15/h1-4,8,12-16H,5-7H2,(H,23,25)/t12-,13+,14-,15+,16+/m1/s1. The molecule has 5 rings (SSSR count). The Morgan fingerprint density at radius 2 is 2.00 bits per heavy atom. The van der Waals surface area contributed by atoms with Crippen molar-refractivity contribution in [1.29, 1.82) is 0 Å². The number of rotatable bonds is 4. The molecule has 1 N–H and O–H groups in total. The zero-order chi connectivity index (χ0) is 18.8. The van der Waals surface area contributed by atoms with Gasteiger partial charge in [0.05, 0.1) is 30.2 Å². The molecule has 8 heteroatoms. The van der Waals surface area contributed by atoms with Gasteiger partial charge in [-0.3, -0.25) is 4.79 Å². The van der Waals surface area contributed by atoms with Crippen molar-refractivity contribution in [2.75, 3.05) is 0 Å². The van der Waals surface area contributed by atoms with Crippen molar-refractivity contribution in [3.8, 4) is 10.6 Å². The molecule has 3 aliphatic rings. The van der Waals surface area contributed by atoms with Crippen molar-refractivity contribution >= 4 is 17.2 Å². The summed E-state index contributed by atoms with van der Waals surface area (Å²) in [6, 6.07) is 4.95. The van der Waals surface area contributed by atoms with E-state index in [1.807, 2.05) is 0 Å². The number of ether oxygens (including phenoxy) is 1. The Morgan fingerprint density at radius 1 is 1.22 bits per heavy atom. The van der Waals surface area contributed by atoms with Crippen molar-refractivity contribution in [3.63, 3.8) is 0 Å². The first-order valence-electron chi connectivity index (χ1n) is 8.95. The van der Waals surface area contributed by atoms with Gasteiger partial charge < -0.3 is 10.1 Å². The third-order valence-electron chi connectivity index (χ3n) is 5.79. The minimum Gasteiger partial charge on any atom is -0.374 e. The number of nitrogens with one attached hydrogen (secondary N) is 1. The molecule has 2 aromatic rings. The molecular weight excluding hydrogens is 377 g/mol. The summed E-state index contributed by atoms with van der Waals surface area (Å²) in [7, 11) is 0. The molecule has 2 aliphatic heterocycles. The molecule has 1 saturated carbocycles. The normalized spacial score (nSPS) is 31.0. The average Bonchev–Trinajstić information content (AvgIpc) is 3.02. The highest BCUT2D eigenvalue weighted by atomic mass is 32.1. The lowest BCUT2D eigenvalue weighted by molar-refractivity contribution is -0.137. The van der Waals surface area contributed by atoms with Crippen LogP contribution in [0.5, 0.6) is 0 Å². The van der Waals surface area contributed by atoms with E-state index in [4.69, 9.17) is 4.74 Å². The highest BCUT2D eigenvalue weighted by molar-refractivity contribution is 7.15. The van der Waals surface area contributed by atoms with E-state index in [0.717, 1.165) is 23.4 Å². The zero-order valence-corrected chi connectivity index (χ0v) is 15.0. The van der Waals surface area contributed by atoms with Gasteiger partial charge in [0, 0.05) is 16.6 Å². The van der Waals surface area contributed by atoms with Crippen LogP contribution in [0.1, 0.15) is 23.3 Å². The van der Waals surface area contributed by atoms with Gasteiger partial charge in [-0.05, 0) is 36.8 Å². The minimum atomic E-state index is -4.35. The number of carbonyl (C=O) groups is 1. The summed E-state index contributed by atoms with van der Waals surface area (Å²) in [5.74, 6) is 1.24. The maximum atomic E-state index is 12.7. The molecule has 4 nitrogen and oxygen atoms in total. The van der Waals surface area contributed by atoms with Gasteiger partial charge >= 0.3 is 6.18 Å². The molecule has 3 fully saturated rings. The van der Waals surface area contributed by atoms with Gasteiger partial charge in [-0.1, -0.05) is 12.1 Å². The Balaban J connectivity index is 1.20. The maximum absolute atomic E-state index is 12.7. The highest BCUT2D eigenvalue weighted by Crippen LogP contribution is 2.60. The molecule has 0 spiro atoms. The number of halogens is 3. The number of hydrogen-bond donors (Lipinski definition) is 1. The molecular formula is C19H17F3N2O2S. The van der Waals surface area contributed by atoms with Crippen LogP contribution in [0.3, 0.4) is 0 Å². The van der Waals surface area contributed by atoms with Crippen LogP contribution in [0.2, 0.25) is 0 Å². The van der Waals surface area contributed by atoms with Crippen LogP contribution in [0.25, 0.3) is 10.6 Å². The number of alkyl halides is 3. The van der Waals surface area contributed by atoms with Crippen LogP contribution in [-0.2, 0) is 22.3 Å². The van der Waals surface area contributed by atoms with Crippen molar-refractivity contribution in [1.82, 2.24) is 10.3 Å². The van der Waals surface area contributed by atoms with E-state index in [0.29, 0.717) is 29.0 Å². The number of amides is 1. The van der Waals surface area contributed by atoms with E-state index < -0.39 is 11.7 Å². The molecule has 1 amide bonds. The number of carbonyl (C=O) groups excluding carboxylic acids is 1. The summed E-state index contributed by atoms with van der Waals surface area (Å²) in [5, 5.41) is 3.60. The molecule has 5 atom stereocenters. The molecule has 27 heavy (non-hydrogen) atoms. The predicted molar refractivity (Wildman–Crippen MR) is 92.8 cm³/mol. The van der Waals surface area contributed by atoms with Crippen molar-refractivity contribution in [3.05, 3.63) is 40.9 Å². The van der Waals surface area contributed by atoms with Crippen molar-refractivity contribution in [2.24, 2.45) is 17.8 Å². The number of hydrogen-bond acceptors (Lipinski definition) is 4. The van der Waals surface area contributed by atoms with E-state index in [1.54, 1.807) is 6.20 Å². The smallest absolute Gasteiger partial charge is 0.374 e. The van der Waals surface area contributed by atoms with Crippen LogP contribution in [-0.4, -0.2) is 23.1 Å². The molecule has 142 valence electrons.